The van der Waals surface area contributed by atoms with Gasteiger partial charge in [0, 0.05) is 88.3 Å². The van der Waals surface area contributed by atoms with E-state index in [1.165, 1.54) is 145 Å². The summed E-state index contributed by atoms with van der Waals surface area (Å²) in [5.74, 6) is 0. The molecule has 0 bridgehead atoms. The molecule has 0 aliphatic heterocycles. The Hall–Kier alpha value is -13.4. The molecular weight excluding hydrogens is 1560 g/mol. The number of aromatic nitrogens is 4. The maximum atomic E-state index is 9.70. The fraction of sp³-hybridized carbons (Fsp3) is 0.0545. The van der Waals surface area contributed by atoms with Gasteiger partial charge in [-0.2, -0.15) is 0 Å². The molecule has 2 aliphatic rings. The lowest BCUT2D eigenvalue weighted by Crippen LogP contribution is -2.29. The van der Waals surface area contributed by atoms with Gasteiger partial charge in [0.25, 0.3) is 0 Å². The molecule has 22 aromatic rings. The van der Waals surface area contributed by atoms with Gasteiger partial charge in [-0.05, 0) is 164 Å². The summed E-state index contributed by atoms with van der Waals surface area (Å²) in [6.07, 6.45) is 3.80. The maximum absolute atomic E-state index is 9.70. The molecule has 0 fully saturated rings. The van der Waals surface area contributed by atoms with Crippen LogP contribution in [0, 0.1) is 0 Å². The molecule has 0 radical (unpaired) electrons. The zero-order chi connectivity index (χ0) is 80.6. The Morgan fingerprint density at radius 1 is 0.250 bits per heavy atom. The van der Waals surface area contributed by atoms with E-state index in [0.29, 0.717) is 5.46 Å². The SMILES string of the molecule is Brc1cccc(-c2cnc3c4ccccc4c4ccccc4c3n2)c1.CC1(C)c2ccccc2-c2ccc(-c3cccc4c3sc3c(-c5cccc(-c6cccc(-c7cnc8c9ccccc9c9ccccc9c8n7)c6)c5)cccc34)cc21.CC1(C)c2ccccc2-c2ccc(-c3cccc4c3sc3c(-c5cccc(B(O)O)c5)cccc34)cc21. The van der Waals surface area contributed by atoms with E-state index in [2.05, 4.69) is 359 Å². The van der Waals surface area contributed by atoms with Crippen LogP contribution in [0.5, 0.6) is 0 Å². The molecule has 568 valence electrons. The Morgan fingerprint density at radius 2 is 0.550 bits per heavy atom. The van der Waals surface area contributed by atoms with Gasteiger partial charge in [0.1, 0.15) is 0 Å². The second kappa shape index (κ2) is 29.0. The molecule has 120 heavy (non-hydrogen) atoms. The van der Waals surface area contributed by atoms with Crippen LogP contribution in [-0.4, -0.2) is 37.1 Å². The zero-order valence-electron chi connectivity index (χ0n) is 66.1. The Labute approximate surface area is 711 Å². The standard InChI is InChI=1S/C55H36N2S.C33H25BO2S.C22H13BrN2/c1-55(2)48-26-8-7-19-42(48)43-28-27-36(31-49(43)55)39-23-12-25-47-46-24-11-22-38(53(46)58-54(39)47)35-15-9-13-33(29-35)34-14-10-16-37(30-34)50-32-56-51-44-20-5-3-17-40(44)41-18-4-6-21-45(41)52(51)57-50;1-33(2)29-15-4-3-10-25(29)26-17-16-21(19-30(26)33)24-12-7-14-28-27-13-6-11-23(31(27)37-32(24)28)20-8-5-9-22(18-20)34(35)36;23-15-7-5-6-14(12-15)20-13-24-21-18-10-3-1-8-16(18)17-9-2-4-11-19(17)22(21)25-20/h3-32H,1-2H3;3-19,35-36H,1-2H3;1-13H. The largest absolute Gasteiger partial charge is 0.488 e. The Bertz CT molecular complexity index is 7950. The van der Waals surface area contributed by atoms with Gasteiger partial charge in [-0.25, -0.2) is 9.97 Å². The van der Waals surface area contributed by atoms with Crippen molar-refractivity contribution in [2.45, 2.75) is 38.5 Å². The van der Waals surface area contributed by atoms with Crippen molar-refractivity contribution in [2.75, 3.05) is 0 Å². The molecule has 6 nitrogen and oxygen atoms in total. The highest BCUT2D eigenvalue weighted by Crippen LogP contribution is 2.54. The Kier molecular flexibility index (Phi) is 17.6. The highest BCUT2D eigenvalue weighted by atomic mass is 79.9. The minimum Gasteiger partial charge on any atom is -0.423 e. The van der Waals surface area contributed by atoms with Crippen molar-refractivity contribution in [1.82, 2.24) is 19.9 Å². The lowest BCUT2D eigenvalue weighted by Gasteiger charge is -2.22. The molecule has 18 aromatic carbocycles. The van der Waals surface area contributed by atoms with Crippen LogP contribution in [0.2, 0.25) is 0 Å². The maximum Gasteiger partial charge on any atom is 0.488 e. The summed E-state index contributed by atoms with van der Waals surface area (Å²) in [4.78, 5) is 20.1. The normalized spacial score (nSPS) is 12.9. The highest BCUT2D eigenvalue weighted by Gasteiger charge is 2.37. The summed E-state index contributed by atoms with van der Waals surface area (Å²) in [6, 6.07) is 126. The number of halogens is 1. The van der Waals surface area contributed by atoms with Crippen LogP contribution < -0.4 is 5.46 Å². The molecule has 0 amide bonds. The lowest BCUT2D eigenvalue weighted by atomic mass is 9.79. The number of thiophene rings is 2. The van der Waals surface area contributed by atoms with Crippen molar-refractivity contribution >= 4 is 157 Å². The van der Waals surface area contributed by atoms with Crippen molar-refractivity contribution < 1.29 is 10.0 Å². The molecule has 2 aliphatic carbocycles. The minimum atomic E-state index is -1.48. The van der Waals surface area contributed by atoms with Crippen LogP contribution in [0.25, 0.3) is 206 Å². The summed E-state index contributed by atoms with van der Waals surface area (Å²) < 4.78 is 6.17. The van der Waals surface area contributed by atoms with E-state index in [-0.39, 0.29) is 10.8 Å². The van der Waals surface area contributed by atoms with Gasteiger partial charge in [0.2, 0.25) is 0 Å². The first-order valence-corrected chi connectivity index (χ1v) is 43.1. The monoisotopic (exact) mass is 1640 g/mol. The van der Waals surface area contributed by atoms with E-state index in [0.717, 1.165) is 87.3 Å². The Balaban J connectivity index is 0.000000119. The van der Waals surface area contributed by atoms with Crippen LogP contribution in [-0.2, 0) is 10.8 Å². The van der Waals surface area contributed by atoms with E-state index >= 15 is 0 Å². The molecule has 2 N–H and O–H groups in total. The molecule has 0 spiro atoms. The summed E-state index contributed by atoms with van der Waals surface area (Å²) >= 11 is 7.26. The predicted molar refractivity (Wildman–Crippen MR) is 512 cm³/mol. The van der Waals surface area contributed by atoms with Crippen LogP contribution in [0.1, 0.15) is 49.9 Å². The van der Waals surface area contributed by atoms with E-state index in [1.807, 2.05) is 65.4 Å². The lowest BCUT2D eigenvalue weighted by molar-refractivity contribution is 0.426. The third kappa shape index (κ3) is 12.1. The van der Waals surface area contributed by atoms with Gasteiger partial charge >= 0.3 is 7.12 Å². The van der Waals surface area contributed by atoms with Crippen LogP contribution in [0.4, 0.5) is 0 Å². The van der Waals surface area contributed by atoms with Crippen LogP contribution >= 0.6 is 38.6 Å². The number of fused-ring (bicyclic) bond motifs is 24. The zero-order valence-corrected chi connectivity index (χ0v) is 69.3. The van der Waals surface area contributed by atoms with E-state index < -0.39 is 7.12 Å². The minimum absolute atomic E-state index is 0.0363. The van der Waals surface area contributed by atoms with Crippen LogP contribution in [0.3, 0.4) is 0 Å². The molecule has 4 aromatic heterocycles. The molecule has 24 rings (SSSR count). The van der Waals surface area contributed by atoms with Gasteiger partial charge in [-0.1, -0.05) is 359 Å². The highest BCUT2D eigenvalue weighted by molar-refractivity contribution is 9.10. The number of nitrogens with zero attached hydrogens (tertiary/aromatic N) is 4. The number of hydrogen-bond donors (Lipinski definition) is 2. The molecule has 0 unspecified atom stereocenters. The van der Waals surface area contributed by atoms with Gasteiger partial charge in [0.15, 0.2) is 0 Å². The molecule has 0 saturated carbocycles. The first-order chi connectivity index (χ1) is 58.7. The average Bonchev–Trinajstić information content (AvgIpc) is 1.68. The quantitative estimate of drug-likeness (QED) is 0.116. The third-order valence-corrected chi connectivity index (χ3v) is 28.0. The molecule has 0 atom stereocenters. The fourth-order valence-electron chi connectivity index (χ4n) is 19.1. The second-order valence-electron chi connectivity index (χ2n) is 32.6. The molecular formula is C110H74BBrN4O2S2. The number of rotatable bonds is 8. The molecule has 4 heterocycles. The average molecular weight is 1640 g/mol. The van der Waals surface area contributed by atoms with Crippen molar-refractivity contribution in [3.8, 4) is 100 Å². The molecule has 0 saturated heterocycles. The first kappa shape index (κ1) is 73.0. The Morgan fingerprint density at radius 3 is 0.967 bits per heavy atom. The summed E-state index contributed by atoms with van der Waals surface area (Å²) in [6.45, 7) is 9.37. The molecule has 10 heteroatoms. The summed E-state index contributed by atoms with van der Waals surface area (Å²) in [5.41, 5.74) is 31.0. The first-order valence-electron chi connectivity index (χ1n) is 40.7. The van der Waals surface area contributed by atoms with Gasteiger partial charge < -0.3 is 10.0 Å². The van der Waals surface area contributed by atoms with E-state index in [1.54, 1.807) is 6.07 Å². The fourth-order valence-corrected chi connectivity index (χ4v) is 22.2. The third-order valence-electron chi connectivity index (χ3n) is 25.0. The summed E-state index contributed by atoms with van der Waals surface area (Å²) in [7, 11) is -1.48. The van der Waals surface area contributed by atoms with Crippen LogP contribution in [0.15, 0.2) is 369 Å². The van der Waals surface area contributed by atoms with Crippen molar-refractivity contribution in [3.05, 3.63) is 391 Å². The van der Waals surface area contributed by atoms with Gasteiger partial charge in [-0.3, -0.25) is 9.97 Å². The summed E-state index contributed by atoms with van der Waals surface area (Å²) in [5, 5.41) is 33.9. The van der Waals surface area contributed by atoms with Gasteiger partial charge in [-0.15, -0.1) is 22.7 Å². The van der Waals surface area contributed by atoms with Crippen molar-refractivity contribution in [3.63, 3.8) is 0 Å². The second-order valence-corrected chi connectivity index (χ2v) is 35.5. The van der Waals surface area contributed by atoms with Crippen molar-refractivity contribution in [1.29, 1.82) is 0 Å². The van der Waals surface area contributed by atoms with E-state index in [9.17, 15) is 10.0 Å². The predicted octanol–water partition coefficient (Wildman–Crippen LogP) is 29.0. The van der Waals surface area contributed by atoms with Crippen molar-refractivity contribution in [2.24, 2.45) is 0 Å². The van der Waals surface area contributed by atoms with Gasteiger partial charge in [0.05, 0.1) is 45.8 Å². The number of benzene rings is 18. The topological polar surface area (TPSA) is 92.0 Å². The number of hydrogen-bond acceptors (Lipinski definition) is 8. The van der Waals surface area contributed by atoms with E-state index in [4.69, 9.17) is 19.9 Å². The smallest absolute Gasteiger partial charge is 0.423 e.